The average Bonchev–Trinajstić information content (AvgIpc) is 2.62. The molecule has 27 heavy (non-hydrogen) atoms. The molecule has 3 N–H and O–H groups in total. The number of nitrogen functional groups attached to an aromatic ring is 1. The van der Waals surface area contributed by atoms with Crippen LogP contribution in [-0.4, -0.2) is 26.7 Å². The number of amides is 1. The first-order valence-electron chi connectivity index (χ1n) is 8.25. The van der Waals surface area contributed by atoms with Crippen molar-refractivity contribution in [3.8, 4) is 17.2 Å². The highest BCUT2D eigenvalue weighted by atomic mass is 35.5. The third-order valence-corrected chi connectivity index (χ3v) is 4.00. The molecule has 0 aromatic heterocycles. The van der Waals surface area contributed by atoms with E-state index in [1.54, 1.807) is 30.3 Å². The fraction of sp³-hybridized carbons (Fsp3) is 0.316. The van der Waals surface area contributed by atoms with Crippen LogP contribution in [0.4, 0.5) is 11.4 Å². The molecule has 6 nitrogen and oxygen atoms in total. The number of carbonyl (C=O) groups is 1. The number of carbonyl (C=O) groups excluding carboxylic acids is 1. The number of unbranched alkanes of at least 4 members (excludes halogenated alkanes) is 1. The van der Waals surface area contributed by atoms with Crippen molar-refractivity contribution >= 4 is 41.3 Å². The van der Waals surface area contributed by atoms with Gasteiger partial charge < -0.3 is 25.3 Å². The summed E-state index contributed by atoms with van der Waals surface area (Å²) in [5, 5.41) is 3.09. The van der Waals surface area contributed by atoms with Gasteiger partial charge in [-0.05, 0) is 36.8 Å². The third kappa shape index (κ3) is 5.84. The van der Waals surface area contributed by atoms with E-state index in [9.17, 15) is 4.79 Å². The highest BCUT2D eigenvalue weighted by Gasteiger charge is 2.16. The molecule has 2 rings (SSSR count). The minimum atomic E-state index is -0.338. The predicted octanol–water partition coefficient (Wildman–Crippen LogP) is 4.79. The average molecular weight is 415 g/mol. The zero-order chi connectivity index (χ0) is 19.1. The summed E-state index contributed by atoms with van der Waals surface area (Å²) >= 11 is 6.28. The van der Waals surface area contributed by atoms with Gasteiger partial charge in [0.2, 0.25) is 0 Å². The lowest BCUT2D eigenvalue weighted by Gasteiger charge is -2.14. The van der Waals surface area contributed by atoms with E-state index in [1.807, 2.05) is 0 Å². The molecule has 0 saturated heterocycles. The van der Waals surface area contributed by atoms with Gasteiger partial charge in [0.25, 0.3) is 5.91 Å². The fourth-order valence-electron chi connectivity index (χ4n) is 2.32. The molecule has 0 atom stereocenters. The van der Waals surface area contributed by atoms with Gasteiger partial charge in [-0.25, -0.2) is 0 Å². The maximum absolute atomic E-state index is 12.5. The van der Waals surface area contributed by atoms with Gasteiger partial charge in [0.1, 0.15) is 5.75 Å². The normalized spacial score (nSPS) is 9.93. The Balaban J connectivity index is 0.00000364. The molecule has 2 aromatic carbocycles. The third-order valence-electron chi connectivity index (χ3n) is 3.72. The largest absolute Gasteiger partial charge is 0.495 e. The van der Waals surface area contributed by atoms with Gasteiger partial charge in [-0.15, -0.1) is 12.4 Å². The maximum Gasteiger partial charge on any atom is 0.255 e. The maximum atomic E-state index is 12.5. The number of ether oxygens (including phenoxy) is 3. The van der Waals surface area contributed by atoms with Gasteiger partial charge in [-0.2, -0.15) is 0 Å². The highest BCUT2D eigenvalue weighted by Crippen LogP contribution is 2.37. The van der Waals surface area contributed by atoms with Crippen molar-refractivity contribution in [1.82, 2.24) is 0 Å². The Morgan fingerprint density at radius 3 is 2.44 bits per heavy atom. The van der Waals surface area contributed by atoms with E-state index in [0.29, 0.717) is 45.8 Å². The molecule has 0 saturated carbocycles. The SMILES string of the molecule is CCCCOc1c(Cl)cc(C(=O)Nc2ccc(OC)c(N)c2)cc1OC.Cl. The summed E-state index contributed by atoms with van der Waals surface area (Å²) in [6, 6.07) is 8.15. The molecule has 0 aliphatic heterocycles. The Morgan fingerprint density at radius 1 is 1.15 bits per heavy atom. The number of nitrogens with one attached hydrogen (secondary N) is 1. The van der Waals surface area contributed by atoms with Crippen LogP contribution in [0.3, 0.4) is 0 Å². The monoisotopic (exact) mass is 414 g/mol. The number of benzene rings is 2. The number of hydrogen-bond donors (Lipinski definition) is 2. The van der Waals surface area contributed by atoms with Crippen LogP contribution in [0.1, 0.15) is 30.1 Å². The second kappa shape index (κ2) is 10.7. The first kappa shape index (κ1) is 22.7. The highest BCUT2D eigenvalue weighted by molar-refractivity contribution is 6.32. The Labute approximate surface area is 170 Å². The summed E-state index contributed by atoms with van der Waals surface area (Å²) in [6.07, 6.45) is 1.91. The number of hydrogen-bond acceptors (Lipinski definition) is 5. The zero-order valence-electron chi connectivity index (χ0n) is 15.5. The van der Waals surface area contributed by atoms with Crippen molar-refractivity contribution < 1.29 is 19.0 Å². The molecule has 0 unspecified atom stereocenters. The molecule has 0 aliphatic rings. The minimum Gasteiger partial charge on any atom is -0.495 e. The minimum absolute atomic E-state index is 0. The molecule has 0 heterocycles. The zero-order valence-corrected chi connectivity index (χ0v) is 17.1. The van der Waals surface area contributed by atoms with Crippen molar-refractivity contribution in [2.45, 2.75) is 19.8 Å². The Kier molecular flexibility index (Phi) is 9.05. The van der Waals surface area contributed by atoms with Crippen molar-refractivity contribution in [3.63, 3.8) is 0 Å². The van der Waals surface area contributed by atoms with E-state index >= 15 is 0 Å². The molecule has 2 aromatic rings. The molecule has 0 fully saturated rings. The standard InChI is InChI=1S/C19H23ClN2O4.ClH/c1-4-5-8-26-18-14(20)9-12(10-17(18)25-3)19(23)22-13-6-7-16(24-2)15(21)11-13;/h6-7,9-11H,4-5,8,21H2,1-3H3,(H,22,23);1H. The van der Waals surface area contributed by atoms with Crippen LogP contribution in [0, 0.1) is 0 Å². The summed E-state index contributed by atoms with van der Waals surface area (Å²) in [6.45, 7) is 2.60. The van der Waals surface area contributed by atoms with E-state index in [4.69, 9.17) is 31.5 Å². The molecule has 0 radical (unpaired) electrons. The molecule has 1 amide bonds. The Morgan fingerprint density at radius 2 is 1.85 bits per heavy atom. The molecule has 148 valence electrons. The van der Waals surface area contributed by atoms with Gasteiger partial charge in [0.15, 0.2) is 11.5 Å². The van der Waals surface area contributed by atoms with Crippen molar-refractivity contribution in [2.75, 3.05) is 31.9 Å². The van der Waals surface area contributed by atoms with E-state index in [0.717, 1.165) is 12.8 Å². The molecular formula is C19H24Cl2N2O4. The first-order chi connectivity index (χ1) is 12.5. The van der Waals surface area contributed by atoms with E-state index in [-0.39, 0.29) is 18.3 Å². The topological polar surface area (TPSA) is 82.8 Å². The molecule has 0 aliphatic carbocycles. The van der Waals surface area contributed by atoms with Crippen molar-refractivity contribution in [1.29, 1.82) is 0 Å². The predicted molar refractivity (Wildman–Crippen MR) is 111 cm³/mol. The number of nitrogens with two attached hydrogens (primary N) is 1. The van der Waals surface area contributed by atoms with Crippen LogP contribution < -0.4 is 25.3 Å². The molecule has 0 spiro atoms. The summed E-state index contributed by atoms with van der Waals surface area (Å²) in [5.74, 6) is 1.05. The molecule has 8 heteroatoms. The van der Waals surface area contributed by atoms with E-state index in [2.05, 4.69) is 12.2 Å². The van der Waals surface area contributed by atoms with Crippen LogP contribution in [0.15, 0.2) is 30.3 Å². The van der Waals surface area contributed by atoms with Gasteiger partial charge in [0.05, 0.1) is 31.5 Å². The summed E-state index contributed by atoms with van der Waals surface area (Å²) in [7, 11) is 3.03. The second-order valence-electron chi connectivity index (χ2n) is 5.60. The van der Waals surface area contributed by atoms with Gasteiger partial charge in [-0.3, -0.25) is 4.79 Å². The lowest BCUT2D eigenvalue weighted by atomic mass is 10.1. The van der Waals surface area contributed by atoms with Crippen LogP contribution in [0.5, 0.6) is 17.2 Å². The van der Waals surface area contributed by atoms with Crippen LogP contribution >= 0.6 is 24.0 Å². The fourth-order valence-corrected chi connectivity index (χ4v) is 2.59. The first-order valence-corrected chi connectivity index (χ1v) is 8.63. The van der Waals surface area contributed by atoms with Crippen LogP contribution in [-0.2, 0) is 0 Å². The van der Waals surface area contributed by atoms with E-state index in [1.165, 1.54) is 14.2 Å². The number of anilines is 2. The molecular weight excluding hydrogens is 391 g/mol. The van der Waals surface area contributed by atoms with Crippen LogP contribution in [0.2, 0.25) is 5.02 Å². The quantitative estimate of drug-likeness (QED) is 0.478. The number of halogens is 2. The number of methoxy groups -OCH3 is 2. The lowest BCUT2D eigenvalue weighted by molar-refractivity contribution is 0.102. The van der Waals surface area contributed by atoms with Gasteiger partial charge in [0, 0.05) is 11.3 Å². The number of rotatable bonds is 8. The second-order valence-corrected chi connectivity index (χ2v) is 6.01. The summed E-state index contributed by atoms with van der Waals surface area (Å²) < 4.78 is 16.1. The van der Waals surface area contributed by atoms with Gasteiger partial charge >= 0.3 is 0 Å². The lowest BCUT2D eigenvalue weighted by Crippen LogP contribution is -2.13. The Hall–Kier alpha value is -2.31. The summed E-state index contributed by atoms with van der Waals surface area (Å²) in [4.78, 5) is 12.5. The Bertz CT molecular complexity index is 785. The van der Waals surface area contributed by atoms with E-state index < -0.39 is 0 Å². The van der Waals surface area contributed by atoms with Crippen molar-refractivity contribution in [3.05, 3.63) is 40.9 Å². The van der Waals surface area contributed by atoms with Gasteiger partial charge in [-0.1, -0.05) is 24.9 Å². The van der Waals surface area contributed by atoms with Crippen molar-refractivity contribution in [2.24, 2.45) is 0 Å². The molecule has 0 bridgehead atoms. The van der Waals surface area contributed by atoms with Crippen LogP contribution in [0.25, 0.3) is 0 Å². The summed E-state index contributed by atoms with van der Waals surface area (Å²) in [5.41, 5.74) is 7.19. The smallest absolute Gasteiger partial charge is 0.255 e.